The molecule has 1 aliphatic heterocycles. The Morgan fingerprint density at radius 3 is 2.50 bits per heavy atom. The van der Waals surface area contributed by atoms with Crippen molar-refractivity contribution in [3.8, 4) is 11.3 Å². The molecule has 2 aliphatic carbocycles. The molecule has 2 N–H and O–H groups in total. The molecular formula is C23H28F3N5O2S. The molecule has 3 atom stereocenters. The van der Waals surface area contributed by atoms with Gasteiger partial charge >= 0.3 is 6.18 Å². The van der Waals surface area contributed by atoms with Crippen molar-refractivity contribution in [2.24, 2.45) is 0 Å². The SMILES string of the molecule is CN1CCC[C@@H](Nc2nnc(-c3ccc(C(F)(F)F)cc3NS(C)(=O)=O)c3c2C2CCC3C2)C1. The summed E-state index contributed by atoms with van der Waals surface area (Å²) >= 11 is 0. The first-order valence-electron chi connectivity index (χ1n) is 11.5. The van der Waals surface area contributed by atoms with Gasteiger partial charge in [0.1, 0.15) is 0 Å². The number of likely N-dealkylation sites (N-methyl/N-ethyl adjacent to an activating group) is 1. The highest BCUT2D eigenvalue weighted by atomic mass is 32.2. The number of hydrogen-bond donors (Lipinski definition) is 2. The van der Waals surface area contributed by atoms with Crippen molar-refractivity contribution >= 4 is 21.5 Å². The predicted molar refractivity (Wildman–Crippen MR) is 124 cm³/mol. The van der Waals surface area contributed by atoms with E-state index in [1.54, 1.807) is 0 Å². The quantitative estimate of drug-likeness (QED) is 0.639. The van der Waals surface area contributed by atoms with Crippen molar-refractivity contribution < 1.29 is 21.6 Å². The van der Waals surface area contributed by atoms with Crippen LogP contribution >= 0.6 is 0 Å². The summed E-state index contributed by atoms with van der Waals surface area (Å²) in [7, 11) is -1.72. The maximum Gasteiger partial charge on any atom is 0.416 e. The molecule has 2 fully saturated rings. The lowest BCUT2D eigenvalue weighted by Gasteiger charge is -2.31. The van der Waals surface area contributed by atoms with Crippen LogP contribution in [0.2, 0.25) is 0 Å². The summed E-state index contributed by atoms with van der Waals surface area (Å²) in [6.45, 7) is 1.98. The third-order valence-electron chi connectivity index (χ3n) is 7.16. The number of likely N-dealkylation sites (tertiary alicyclic amines) is 1. The van der Waals surface area contributed by atoms with E-state index < -0.39 is 21.8 Å². The standard InChI is InChI=1S/C23H28F3N5O2S/c1-31-9-3-4-16(12-31)27-22-20-14-6-5-13(10-14)19(20)21(28-29-22)17-8-7-15(23(24,25)26)11-18(17)30-34(2,32)33/h7-8,11,13-14,16,30H,3-6,9-10,12H2,1-2H3,(H,27,29)/t13?,14?,16-/m1/s1. The number of hydrogen-bond acceptors (Lipinski definition) is 6. The highest BCUT2D eigenvalue weighted by Crippen LogP contribution is 2.57. The highest BCUT2D eigenvalue weighted by Gasteiger charge is 2.42. The van der Waals surface area contributed by atoms with Crippen molar-refractivity contribution in [2.45, 2.75) is 56.2 Å². The molecular weight excluding hydrogens is 467 g/mol. The van der Waals surface area contributed by atoms with Crippen LogP contribution in [0.3, 0.4) is 0 Å². The second-order valence-corrected chi connectivity index (χ2v) is 11.6. The first-order valence-corrected chi connectivity index (χ1v) is 13.4. The van der Waals surface area contributed by atoms with E-state index in [1.165, 1.54) is 6.07 Å². The van der Waals surface area contributed by atoms with Crippen LogP contribution in [-0.2, 0) is 16.2 Å². The fourth-order valence-electron chi connectivity index (χ4n) is 5.79. The van der Waals surface area contributed by atoms with Gasteiger partial charge in [0, 0.05) is 23.7 Å². The van der Waals surface area contributed by atoms with Gasteiger partial charge in [-0.25, -0.2) is 8.42 Å². The Balaban J connectivity index is 1.60. The van der Waals surface area contributed by atoms with E-state index in [-0.39, 0.29) is 17.6 Å². The summed E-state index contributed by atoms with van der Waals surface area (Å²) < 4.78 is 66.3. The van der Waals surface area contributed by atoms with E-state index in [2.05, 4.69) is 32.2 Å². The normalized spacial score (nSPS) is 24.8. The van der Waals surface area contributed by atoms with E-state index in [0.29, 0.717) is 17.2 Å². The number of aromatic nitrogens is 2. The predicted octanol–water partition coefficient (Wildman–Crippen LogP) is 4.40. The number of halogens is 3. The summed E-state index contributed by atoms with van der Waals surface area (Å²) in [6, 6.07) is 3.36. The zero-order chi connectivity index (χ0) is 24.3. The van der Waals surface area contributed by atoms with Crippen LogP contribution in [0.4, 0.5) is 24.7 Å². The maximum absolute atomic E-state index is 13.4. The molecule has 0 spiro atoms. The molecule has 1 saturated carbocycles. The summed E-state index contributed by atoms with van der Waals surface area (Å²) in [5, 5.41) is 12.5. The molecule has 0 amide bonds. The zero-order valence-corrected chi connectivity index (χ0v) is 19.9. The molecule has 2 bridgehead atoms. The van der Waals surface area contributed by atoms with Crippen LogP contribution in [0, 0.1) is 0 Å². The van der Waals surface area contributed by atoms with Gasteiger partial charge < -0.3 is 10.2 Å². The molecule has 5 rings (SSSR count). The molecule has 3 aliphatic rings. The average Bonchev–Trinajstić information content (AvgIpc) is 3.35. The Morgan fingerprint density at radius 1 is 1.09 bits per heavy atom. The van der Waals surface area contributed by atoms with E-state index in [4.69, 9.17) is 0 Å². The minimum absolute atomic E-state index is 0.133. The van der Waals surface area contributed by atoms with Crippen molar-refractivity contribution in [2.75, 3.05) is 36.4 Å². The van der Waals surface area contributed by atoms with Gasteiger partial charge in [0.05, 0.1) is 23.2 Å². The molecule has 0 radical (unpaired) electrons. The maximum atomic E-state index is 13.4. The van der Waals surface area contributed by atoms with Gasteiger partial charge in [0.25, 0.3) is 0 Å². The lowest BCUT2D eigenvalue weighted by molar-refractivity contribution is -0.137. The molecule has 11 heteroatoms. The summed E-state index contributed by atoms with van der Waals surface area (Å²) in [5.41, 5.74) is 1.82. The van der Waals surface area contributed by atoms with Crippen molar-refractivity contribution in [3.63, 3.8) is 0 Å². The summed E-state index contributed by atoms with van der Waals surface area (Å²) in [4.78, 5) is 2.28. The number of anilines is 2. The van der Waals surface area contributed by atoms with Crippen LogP contribution < -0.4 is 10.0 Å². The van der Waals surface area contributed by atoms with Crippen molar-refractivity contribution in [1.29, 1.82) is 0 Å². The van der Waals surface area contributed by atoms with Crippen LogP contribution in [-0.4, -0.2) is 55.9 Å². The Bertz CT molecular complexity index is 1220. The lowest BCUT2D eigenvalue weighted by atomic mass is 9.88. The minimum atomic E-state index is -4.60. The summed E-state index contributed by atoms with van der Waals surface area (Å²) in [6.07, 6.45) is 1.45. The van der Waals surface area contributed by atoms with Gasteiger partial charge in [-0.2, -0.15) is 13.2 Å². The van der Waals surface area contributed by atoms with Gasteiger partial charge in [0.2, 0.25) is 10.0 Å². The topological polar surface area (TPSA) is 87.2 Å². The molecule has 34 heavy (non-hydrogen) atoms. The van der Waals surface area contributed by atoms with Crippen molar-refractivity contribution in [3.05, 3.63) is 34.9 Å². The van der Waals surface area contributed by atoms with E-state index in [0.717, 1.165) is 80.5 Å². The molecule has 184 valence electrons. The molecule has 1 aromatic carbocycles. The summed E-state index contributed by atoms with van der Waals surface area (Å²) in [5.74, 6) is 1.34. The Labute approximate surface area is 197 Å². The Hall–Kier alpha value is -2.40. The fraction of sp³-hybridized carbons (Fsp3) is 0.565. The number of sulfonamides is 1. The number of piperidine rings is 1. The van der Waals surface area contributed by atoms with Crippen LogP contribution in [0.5, 0.6) is 0 Å². The lowest BCUT2D eigenvalue weighted by Crippen LogP contribution is -2.40. The smallest absolute Gasteiger partial charge is 0.364 e. The van der Waals surface area contributed by atoms with Gasteiger partial charge in [0.15, 0.2) is 5.82 Å². The van der Waals surface area contributed by atoms with E-state index in [9.17, 15) is 21.6 Å². The van der Waals surface area contributed by atoms with Crippen LogP contribution in [0.15, 0.2) is 18.2 Å². The zero-order valence-electron chi connectivity index (χ0n) is 19.1. The average molecular weight is 496 g/mol. The number of rotatable bonds is 5. The minimum Gasteiger partial charge on any atom is -0.364 e. The van der Waals surface area contributed by atoms with Crippen molar-refractivity contribution in [1.82, 2.24) is 15.1 Å². The van der Waals surface area contributed by atoms with E-state index in [1.807, 2.05) is 0 Å². The second kappa shape index (κ2) is 8.37. The third-order valence-corrected chi connectivity index (χ3v) is 7.75. The number of nitrogens with one attached hydrogen (secondary N) is 2. The largest absolute Gasteiger partial charge is 0.416 e. The highest BCUT2D eigenvalue weighted by molar-refractivity contribution is 7.92. The fourth-order valence-corrected chi connectivity index (χ4v) is 6.36. The monoisotopic (exact) mass is 495 g/mol. The first-order chi connectivity index (χ1) is 16.0. The Kier molecular flexibility index (Phi) is 5.75. The van der Waals surface area contributed by atoms with Gasteiger partial charge in [-0.1, -0.05) is 6.07 Å². The Morgan fingerprint density at radius 2 is 1.82 bits per heavy atom. The molecule has 7 nitrogen and oxygen atoms in total. The molecule has 1 saturated heterocycles. The number of fused-ring (bicyclic) bond motifs is 5. The molecule has 2 aromatic rings. The molecule has 2 unspecified atom stereocenters. The first kappa shape index (κ1) is 23.3. The number of benzene rings is 1. The second-order valence-electron chi connectivity index (χ2n) is 9.81. The van der Waals surface area contributed by atoms with Crippen LogP contribution in [0.25, 0.3) is 11.3 Å². The molecule has 2 heterocycles. The van der Waals surface area contributed by atoms with E-state index >= 15 is 0 Å². The van der Waals surface area contributed by atoms with Gasteiger partial charge in [-0.05, 0) is 75.2 Å². The van der Waals surface area contributed by atoms with Crippen LogP contribution in [0.1, 0.15) is 60.6 Å². The van der Waals surface area contributed by atoms with Gasteiger partial charge in [-0.3, -0.25) is 4.72 Å². The number of alkyl halides is 3. The number of nitrogens with zero attached hydrogens (tertiary/aromatic N) is 3. The van der Waals surface area contributed by atoms with Gasteiger partial charge in [-0.15, -0.1) is 10.2 Å². The third kappa shape index (κ3) is 4.47. The molecule has 1 aromatic heterocycles.